The first-order chi connectivity index (χ1) is 10.2. The molecule has 0 fully saturated rings. The van der Waals surface area contributed by atoms with Gasteiger partial charge < -0.3 is 10.4 Å². The van der Waals surface area contributed by atoms with Gasteiger partial charge in [0.05, 0.1) is 4.90 Å². The number of rotatable bonds is 7. The number of nitrogens with zero attached hydrogens (tertiary/aromatic N) is 1. The number of sulfonamides is 1. The SMILES string of the molecule is CCN(CC)S(=O)(=O)c1ccc(C)c(C(=O)NCC(=O)O)c1. The van der Waals surface area contributed by atoms with Crippen molar-refractivity contribution in [1.29, 1.82) is 0 Å². The summed E-state index contributed by atoms with van der Waals surface area (Å²) in [5.74, 6) is -1.78. The van der Waals surface area contributed by atoms with Crippen LogP contribution in [-0.4, -0.2) is 49.3 Å². The molecule has 0 atom stereocenters. The number of carbonyl (C=O) groups excluding carboxylic acids is 1. The number of hydrogen-bond donors (Lipinski definition) is 2. The van der Waals surface area contributed by atoms with Gasteiger partial charge in [0.2, 0.25) is 10.0 Å². The van der Waals surface area contributed by atoms with Crippen LogP contribution in [0.3, 0.4) is 0 Å². The molecule has 0 radical (unpaired) electrons. The molecule has 0 aliphatic heterocycles. The van der Waals surface area contributed by atoms with E-state index in [0.29, 0.717) is 18.7 Å². The minimum Gasteiger partial charge on any atom is -0.480 e. The summed E-state index contributed by atoms with van der Waals surface area (Å²) in [6, 6.07) is 4.25. The summed E-state index contributed by atoms with van der Waals surface area (Å²) in [7, 11) is -3.67. The van der Waals surface area contributed by atoms with Crippen molar-refractivity contribution in [2.24, 2.45) is 0 Å². The molecule has 0 bridgehead atoms. The lowest BCUT2D eigenvalue weighted by Gasteiger charge is -2.19. The Morgan fingerprint density at radius 3 is 2.32 bits per heavy atom. The van der Waals surface area contributed by atoms with Crippen molar-refractivity contribution in [3.63, 3.8) is 0 Å². The molecule has 122 valence electrons. The summed E-state index contributed by atoms with van der Waals surface area (Å²) in [5.41, 5.74) is 0.718. The summed E-state index contributed by atoms with van der Waals surface area (Å²) >= 11 is 0. The molecule has 1 amide bonds. The Labute approximate surface area is 130 Å². The van der Waals surface area contributed by atoms with Crippen molar-refractivity contribution in [1.82, 2.24) is 9.62 Å². The van der Waals surface area contributed by atoms with Gasteiger partial charge in [-0.2, -0.15) is 4.31 Å². The summed E-state index contributed by atoms with van der Waals surface area (Å²) in [6.07, 6.45) is 0. The minimum absolute atomic E-state index is 0.0160. The van der Waals surface area contributed by atoms with E-state index in [4.69, 9.17) is 5.11 Å². The summed E-state index contributed by atoms with van der Waals surface area (Å²) in [5, 5.41) is 10.8. The lowest BCUT2D eigenvalue weighted by molar-refractivity contribution is -0.135. The second-order valence-electron chi connectivity index (χ2n) is 4.64. The number of hydrogen-bond acceptors (Lipinski definition) is 4. The van der Waals surface area contributed by atoms with E-state index in [9.17, 15) is 18.0 Å². The van der Waals surface area contributed by atoms with Gasteiger partial charge in [-0.05, 0) is 24.6 Å². The molecule has 1 aromatic carbocycles. The molecule has 0 saturated carbocycles. The molecule has 0 saturated heterocycles. The van der Waals surface area contributed by atoms with Gasteiger partial charge in [-0.1, -0.05) is 19.9 Å². The van der Waals surface area contributed by atoms with Gasteiger partial charge in [0.15, 0.2) is 0 Å². The van der Waals surface area contributed by atoms with Crippen molar-refractivity contribution >= 4 is 21.9 Å². The van der Waals surface area contributed by atoms with Gasteiger partial charge in [-0.25, -0.2) is 8.42 Å². The van der Waals surface area contributed by atoms with Gasteiger partial charge in [-0.15, -0.1) is 0 Å². The second kappa shape index (κ2) is 7.37. The zero-order chi connectivity index (χ0) is 16.9. The van der Waals surface area contributed by atoms with Crippen molar-refractivity contribution < 1.29 is 23.1 Å². The highest BCUT2D eigenvalue weighted by molar-refractivity contribution is 7.89. The van der Waals surface area contributed by atoms with Crippen LogP contribution >= 0.6 is 0 Å². The zero-order valence-corrected chi connectivity index (χ0v) is 13.6. The predicted molar refractivity (Wildman–Crippen MR) is 81.3 cm³/mol. The molecule has 0 aliphatic rings. The highest BCUT2D eigenvalue weighted by Crippen LogP contribution is 2.19. The molecule has 1 aromatic rings. The molecule has 22 heavy (non-hydrogen) atoms. The maximum absolute atomic E-state index is 12.4. The Morgan fingerprint density at radius 2 is 1.82 bits per heavy atom. The monoisotopic (exact) mass is 328 g/mol. The molecule has 0 heterocycles. The van der Waals surface area contributed by atoms with Crippen LogP contribution in [0.1, 0.15) is 29.8 Å². The van der Waals surface area contributed by atoms with Crippen molar-refractivity contribution in [3.8, 4) is 0 Å². The van der Waals surface area contributed by atoms with Crippen molar-refractivity contribution in [3.05, 3.63) is 29.3 Å². The highest BCUT2D eigenvalue weighted by atomic mass is 32.2. The molecule has 0 aromatic heterocycles. The first kappa shape index (κ1) is 18.1. The largest absolute Gasteiger partial charge is 0.480 e. The number of carboxylic acid groups (broad SMARTS) is 1. The molecule has 7 nitrogen and oxygen atoms in total. The fourth-order valence-corrected chi connectivity index (χ4v) is 3.45. The number of aryl methyl sites for hydroxylation is 1. The fourth-order valence-electron chi connectivity index (χ4n) is 1.97. The van der Waals surface area contributed by atoms with Crippen LogP contribution < -0.4 is 5.32 Å². The van der Waals surface area contributed by atoms with Gasteiger partial charge >= 0.3 is 5.97 Å². The van der Waals surface area contributed by atoms with E-state index in [1.54, 1.807) is 20.8 Å². The Bertz CT molecular complexity index is 666. The Morgan fingerprint density at radius 1 is 1.23 bits per heavy atom. The number of carbonyl (C=O) groups is 2. The number of amides is 1. The van der Waals surface area contributed by atoms with E-state index < -0.39 is 28.4 Å². The van der Waals surface area contributed by atoms with Gasteiger partial charge in [0, 0.05) is 18.7 Å². The van der Waals surface area contributed by atoms with E-state index in [2.05, 4.69) is 5.32 Å². The molecular formula is C14H20N2O5S. The Kier molecular flexibility index (Phi) is 6.07. The topological polar surface area (TPSA) is 104 Å². The maximum atomic E-state index is 12.4. The van der Waals surface area contributed by atoms with Crippen LogP contribution in [0.25, 0.3) is 0 Å². The minimum atomic E-state index is -3.67. The second-order valence-corrected chi connectivity index (χ2v) is 6.58. The van der Waals surface area contributed by atoms with Gasteiger partial charge in [0.25, 0.3) is 5.91 Å². The van der Waals surface area contributed by atoms with Crippen LogP contribution in [0.4, 0.5) is 0 Å². The highest BCUT2D eigenvalue weighted by Gasteiger charge is 2.23. The van der Waals surface area contributed by atoms with E-state index in [1.807, 2.05) is 0 Å². The molecule has 0 aliphatic carbocycles. The lowest BCUT2D eigenvalue weighted by atomic mass is 10.1. The average molecular weight is 328 g/mol. The van der Waals surface area contributed by atoms with E-state index >= 15 is 0 Å². The fraction of sp³-hybridized carbons (Fsp3) is 0.429. The molecule has 0 spiro atoms. The lowest BCUT2D eigenvalue weighted by Crippen LogP contribution is -2.32. The summed E-state index contributed by atoms with van der Waals surface area (Å²) in [6.45, 7) is 5.25. The molecular weight excluding hydrogens is 308 g/mol. The Hall–Kier alpha value is -1.93. The van der Waals surface area contributed by atoms with Crippen molar-refractivity contribution in [2.75, 3.05) is 19.6 Å². The van der Waals surface area contributed by atoms with Gasteiger partial charge in [-0.3, -0.25) is 9.59 Å². The first-order valence-corrected chi connectivity index (χ1v) is 8.28. The van der Waals surface area contributed by atoms with Crippen molar-refractivity contribution in [2.45, 2.75) is 25.7 Å². The molecule has 0 unspecified atom stereocenters. The van der Waals surface area contributed by atoms with Crippen LogP contribution in [-0.2, 0) is 14.8 Å². The standard InChI is InChI=1S/C14H20N2O5S/c1-4-16(5-2)22(20,21)11-7-6-10(3)12(8-11)14(19)15-9-13(17)18/h6-8H,4-5,9H2,1-3H3,(H,15,19)(H,17,18). The van der Waals surface area contributed by atoms with Crippen LogP contribution in [0, 0.1) is 6.92 Å². The quantitative estimate of drug-likeness (QED) is 0.772. The number of nitrogens with one attached hydrogen (secondary N) is 1. The summed E-state index contributed by atoms with van der Waals surface area (Å²) < 4.78 is 26.2. The van der Waals surface area contributed by atoms with E-state index in [-0.39, 0.29) is 10.5 Å². The third kappa shape index (κ3) is 4.05. The average Bonchev–Trinajstić information content (AvgIpc) is 2.45. The Balaban J connectivity index is 3.19. The predicted octanol–water partition coefficient (Wildman–Crippen LogP) is 0.840. The number of carboxylic acids is 1. The van der Waals surface area contributed by atoms with Gasteiger partial charge in [0.1, 0.15) is 6.54 Å². The zero-order valence-electron chi connectivity index (χ0n) is 12.8. The van der Waals surface area contributed by atoms with E-state index in [1.165, 1.54) is 22.5 Å². The van der Waals surface area contributed by atoms with Crippen LogP contribution in [0.2, 0.25) is 0 Å². The first-order valence-electron chi connectivity index (χ1n) is 6.84. The van der Waals surface area contributed by atoms with E-state index in [0.717, 1.165) is 0 Å². The molecule has 1 rings (SSSR count). The normalized spacial score (nSPS) is 11.5. The molecule has 8 heteroatoms. The molecule has 2 N–H and O–H groups in total. The van der Waals surface area contributed by atoms with Crippen LogP contribution in [0.15, 0.2) is 23.1 Å². The third-order valence-electron chi connectivity index (χ3n) is 3.20. The van der Waals surface area contributed by atoms with Crippen LogP contribution in [0.5, 0.6) is 0 Å². The number of aliphatic carboxylic acids is 1. The summed E-state index contributed by atoms with van der Waals surface area (Å²) in [4.78, 5) is 22.5. The third-order valence-corrected chi connectivity index (χ3v) is 5.24. The smallest absolute Gasteiger partial charge is 0.322 e. The maximum Gasteiger partial charge on any atom is 0.322 e. The number of benzene rings is 1.